The fourth-order valence-electron chi connectivity index (χ4n) is 3.09. The molecule has 1 aliphatic carbocycles. The molecule has 1 aromatic rings. The van der Waals surface area contributed by atoms with Gasteiger partial charge in [-0.3, -0.25) is 14.5 Å². The number of benzene rings is 1. The number of fused-ring (bicyclic) bond motifs is 1. The second kappa shape index (κ2) is 4.23. The van der Waals surface area contributed by atoms with Crippen LogP contribution in [0.1, 0.15) is 30.4 Å². The Morgan fingerprint density at radius 1 is 1.06 bits per heavy atom. The van der Waals surface area contributed by atoms with Gasteiger partial charge in [0.15, 0.2) is 0 Å². The van der Waals surface area contributed by atoms with E-state index in [0.717, 1.165) is 24.8 Å². The van der Waals surface area contributed by atoms with Gasteiger partial charge in [-0.05, 0) is 25.3 Å². The summed E-state index contributed by atoms with van der Waals surface area (Å²) in [4.78, 5) is 25.8. The molecule has 2 aliphatic rings. The fourth-order valence-corrected chi connectivity index (χ4v) is 3.09. The molecule has 2 amide bonds. The first-order valence-corrected chi connectivity index (χ1v) is 6.57. The standard InChI is InChI=1S/C15H17NO2/c1-10-5-7-11(8-6-10)9-16-14(17)12-3-2-4-13(12)15(16)18/h5-8,12-13H,2-4,9H2,1H3. The predicted molar refractivity (Wildman–Crippen MR) is 67.6 cm³/mol. The molecule has 3 heteroatoms. The maximum Gasteiger partial charge on any atom is 0.233 e. The number of amides is 2. The summed E-state index contributed by atoms with van der Waals surface area (Å²) in [6.45, 7) is 2.46. The Kier molecular flexibility index (Phi) is 2.69. The lowest BCUT2D eigenvalue weighted by Gasteiger charge is -2.15. The Labute approximate surface area is 107 Å². The molecule has 1 saturated carbocycles. The Morgan fingerprint density at radius 3 is 2.17 bits per heavy atom. The molecule has 1 heterocycles. The topological polar surface area (TPSA) is 37.4 Å². The molecule has 2 atom stereocenters. The SMILES string of the molecule is Cc1ccc(CN2C(=O)C3CCCC3C2=O)cc1. The average Bonchev–Trinajstić information content (AvgIpc) is 2.92. The summed E-state index contributed by atoms with van der Waals surface area (Å²) in [5.74, 6) is 0.0389. The lowest BCUT2D eigenvalue weighted by Crippen LogP contribution is -2.31. The third-order valence-corrected chi connectivity index (χ3v) is 4.14. The van der Waals surface area contributed by atoms with E-state index in [2.05, 4.69) is 0 Å². The van der Waals surface area contributed by atoms with Gasteiger partial charge in [-0.25, -0.2) is 0 Å². The van der Waals surface area contributed by atoms with Crippen LogP contribution in [-0.4, -0.2) is 16.7 Å². The van der Waals surface area contributed by atoms with Crippen molar-refractivity contribution >= 4 is 11.8 Å². The van der Waals surface area contributed by atoms with E-state index in [0.29, 0.717) is 6.54 Å². The van der Waals surface area contributed by atoms with Crippen LogP contribution in [0, 0.1) is 18.8 Å². The van der Waals surface area contributed by atoms with Crippen molar-refractivity contribution in [3.63, 3.8) is 0 Å². The highest BCUT2D eigenvalue weighted by atomic mass is 16.2. The maximum atomic E-state index is 12.2. The van der Waals surface area contributed by atoms with Crippen molar-refractivity contribution in [2.75, 3.05) is 0 Å². The molecule has 0 spiro atoms. The molecule has 0 N–H and O–H groups in total. The molecule has 1 saturated heterocycles. The first-order chi connectivity index (χ1) is 8.66. The van der Waals surface area contributed by atoms with E-state index in [1.807, 2.05) is 31.2 Å². The van der Waals surface area contributed by atoms with Gasteiger partial charge in [0.25, 0.3) is 0 Å². The minimum atomic E-state index is -0.0250. The summed E-state index contributed by atoms with van der Waals surface area (Å²) in [6.07, 6.45) is 2.80. The number of aryl methyl sites for hydroxylation is 1. The van der Waals surface area contributed by atoms with Crippen LogP contribution < -0.4 is 0 Å². The minimum Gasteiger partial charge on any atom is -0.278 e. The van der Waals surface area contributed by atoms with Crippen LogP contribution in [0.2, 0.25) is 0 Å². The number of carbonyl (C=O) groups is 2. The van der Waals surface area contributed by atoms with Crippen LogP contribution in [-0.2, 0) is 16.1 Å². The van der Waals surface area contributed by atoms with Gasteiger partial charge < -0.3 is 0 Å². The number of hydrogen-bond acceptors (Lipinski definition) is 2. The molecule has 3 rings (SSSR count). The lowest BCUT2D eigenvalue weighted by molar-refractivity contribution is -0.141. The van der Waals surface area contributed by atoms with Crippen LogP contribution in [0.25, 0.3) is 0 Å². The number of carbonyl (C=O) groups excluding carboxylic acids is 2. The third kappa shape index (κ3) is 1.74. The number of imide groups is 1. The third-order valence-electron chi connectivity index (χ3n) is 4.14. The van der Waals surface area contributed by atoms with E-state index in [-0.39, 0.29) is 23.7 Å². The zero-order valence-corrected chi connectivity index (χ0v) is 10.6. The molecule has 2 unspecified atom stereocenters. The van der Waals surface area contributed by atoms with E-state index in [1.54, 1.807) is 0 Å². The smallest absolute Gasteiger partial charge is 0.233 e. The highest BCUT2D eigenvalue weighted by molar-refractivity contribution is 6.05. The van der Waals surface area contributed by atoms with Gasteiger partial charge in [0.2, 0.25) is 11.8 Å². The lowest BCUT2D eigenvalue weighted by atomic mass is 10.00. The van der Waals surface area contributed by atoms with Crippen molar-refractivity contribution in [2.45, 2.75) is 32.7 Å². The van der Waals surface area contributed by atoms with Crippen molar-refractivity contribution in [1.82, 2.24) is 4.90 Å². The first kappa shape index (κ1) is 11.5. The summed E-state index contributed by atoms with van der Waals surface area (Å²) in [5.41, 5.74) is 2.22. The molecule has 0 bridgehead atoms. The summed E-state index contributed by atoms with van der Waals surface area (Å²) in [6, 6.07) is 8.01. The molecular weight excluding hydrogens is 226 g/mol. The molecule has 0 aromatic heterocycles. The second-order valence-corrected chi connectivity index (χ2v) is 5.39. The zero-order valence-electron chi connectivity index (χ0n) is 10.6. The van der Waals surface area contributed by atoms with Crippen molar-refractivity contribution in [2.24, 2.45) is 11.8 Å². The van der Waals surface area contributed by atoms with E-state index in [4.69, 9.17) is 0 Å². The quantitative estimate of drug-likeness (QED) is 0.747. The van der Waals surface area contributed by atoms with E-state index < -0.39 is 0 Å². The van der Waals surface area contributed by atoms with E-state index in [9.17, 15) is 9.59 Å². The zero-order chi connectivity index (χ0) is 12.7. The summed E-state index contributed by atoms with van der Waals surface area (Å²) in [5, 5.41) is 0. The monoisotopic (exact) mass is 243 g/mol. The predicted octanol–water partition coefficient (Wildman–Crippen LogP) is 2.28. The largest absolute Gasteiger partial charge is 0.278 e. The second-order valence-electron chi connectivity index (χ2n) is 5.39. The van der Waals surface area contributed by atoms with E-state index in [1.165, 1.54) is 10.5 Å². The summed E-state index contributed by atoms with van der Waals surface area (Å²) in [7, 11) is 0. The van der Waals surface area contributed by atoms with Gasteiger partial charge in [-0.1, -0.05) is 36.2 Å². The van der Waals surface area contributed by atoms with Crippen LogP contribution in [0.3, 0.4) is 0 Å². The minimum absolute atomic E-state index is 0.0250. The molecule has 94 valence electrons. The highest BCUT2D eigenvalue weighted by Crippen LogP contribution is 2.40. The normalized spacial score (nSPS) is 26.8. The molecule has 1 aliphatic heterocycles. The number of likely N-dealkylation sites (tertiary alicyclic amines) is 1. The summed E-state index contributed by atoms with van der Waals surface area (Å²) < 4.78 is 0. The van der Waals surface area contributed by atoms with Crippen LogP contribution >= 0.6 is 0 Å². The van der Waals surface area contributed by atoms with E-state index >= 15 is 0 Å². The Hall–Kier alpha value is -1.64. The van der Waals surface area contributed by atoms with Gasteiger partial charge in [-0.2, -0.15) is 0 Å². The van der Waals surface area contributed by atoms with Gasteiger partial charge >= 0.3 is 0 Å². The highest BCUT2D eigenvalue weighted by Gasteiger charge is 2.49. The first-order valence-electron chi connectivity index (χ1n) is 6.57. The van der Waals surface area contributed by atoms with Crippen molar-refractivity contribution in [3.8, 4) is 0 Å². The molecule has 3 nitrogen and oxygen atoms in total. The fraction of sp³-hybridized carbons (Fsp3) is 0.467. The van der Waals surface area contributed by atoms with Gasteiger partial charge in [0.05, 0.1) is 18.4 Å². The van der Waals surface area contributed by atoms with Crippen LogP contribution in [0.15, 0.2) is 24.3 Å². The van der Waals surface area contributed by atoms with Crippen LogP contribution in [0.5, 0.6) is 0 Å². The molecule has 0 radical (unpaired) electrons. The molecular formula is C15H17NO2. The Morgan fingerprint density at radius 2 is 1.61 bits per heavy atom. The average molecular weight is 243 g/mol. The van der Waals surface area contributed by atoms with Crippen LogP contribution in [0.4, 0.5) is 0 Å². The van der Waals surface area contributed by atoms with Crippen molar-refractivity contribution < 1.29 is 9.59 Å². The molecule has 1 aromatic carbocycles. The molecule has 2 fully saturated rings. The Bertz CT molecular complexity index is 470. The van der Waals surface area contributed by atoms with Crippen molar-refractivity contribution in [3.05, 3.63) is 35.4 Å². The maximum absolute atomic E-state index is 12.2. The van der Waals surface area contributed by atoms with Gasteiger partial charge in [-0.15, -0.1) is 0 Å². The Balaban J connectivity index is 1.79. The number of rotatable bonds is 2. The van der Waals surface area contributed by atoms with Gasteiger partial charge in [0.1, 0.15) is 0 Å². The summed E-state index contributed by atoms with van der Waals surface area (Å²) >= 11 is 0. The van der Waals surface area contributed by atoms with Crippen molar-refractivity contribution in [1.29, 1.82) is 0 Å². The molecule has 18 heavy (non-hydrogen) atoms. The number of nitrogens with zero attached hydrogens (tertiary/aromatic N) is 1. The van der Waals surface area contributed by atoms with Gasteiger partial charge in [0, 0.05) is 0 Å². The number of hydrogen-bond donors (Lipinski definition) is 0.